The minimum Gasteiger partial charge on any atom is -0.386 e. The van der Waals surface area contributed by atoms with Gasteiger partial charge in [0.1, 0.15) is 9.84 Å². The predicted octanol–water partition coefficient (Wildman–Crippen LogP) is 1.16. The molecule has 1 saturated carbocycles. The van der Waals surface area contributed by atoms with Gasteiger partial charge in [-0.3, -0.25) is 0 Å². The van der Waals surface area contributed by atoms with Crippen LogP contribution in [0.1, 0.15) is 25.7 Å². The molecule has 2 unspecified atom stereocenters. The lowest BCUT2D eigenvalue weighted by molar-refractivity contribution is -0.0572. The Morgan fingerprint density at radius 3 is 2.75 bits per heavy atom. The first-order valence-electron chi connectivity index (χ1n) is 5.45. The summed E-state index contributed by atoms with van der Waals surface area (Å²) in [7, 11) is -2.97. The molecule has 0 saturated heterocycles. The summed E-state index contributed by atoms with van der Waals surface area (Å²) >= 11 is 2.26. The van der Waals surface area contributed by atoms with Gasteiger partial charge in [-0.15, -0.1) is 0 Å². The molecule has 4 nitrogen and oxygen atoms in total. The van der Waals surface area contributed by atoms with Crippen molar-refractivity contribution in [1.82, 2.24) is 0 Å². The van der Waals surface area contributed by atoms with E-state index in [1.165, 1.54) is 6.26 Å². The molecule has 0 heterocycles. The Balaban J connectivity index is 2.30. The molecule has 6 heteroatoms. The molecule has 16 heavy (non-hydrogen) atoms. The number of hydrogen-bond donors (Lipinski definition) is 1. The summed E-state index contributed by atoms with van der Waals surface area (Å²) in [6.07, 6.45) is 5.11. The third-order valence-corrected chi connectivity index (χ3v) is 5.54. The molecule has 1 fully saturated rings. The van der Waals surface area contributed by atoms with Crippen LogP contribution in [0.5, 0.6) is 0 Å². The van der Waals surface area contributed by atoms with E-state index in [0.717, 1.165) is 25.7 Å². The van der Waals surface area contributed by atoms with Crippen LogP contribution in [0.25, 0.3) is 0 Å². The summed E-state index contributed by atoms with van der Waals surface area (Å²) in [6, 6.07) is 0. The Hall–Kier alpha value is 0.600. The van der Waals surface area contributed by atoms with Crippen molar-refractivity contribution in [3.8, 4) is 0 Å². The van der Waals surface area contributed by atoms with Crippen molar-refractivity contribution < 1.29 is 18.3 Å². The minimum atomic E-state index is -2.97. The number of rotatable bonds is 5. The van der Waals surface area contributed by atoms with Crippen molar-refractivity contribution in [2.24, 2.45) is 0 Å². The van der Waals surface area contributed by atoms with Gasteiger partial charge >= 0.3 is 0 Å². The Bertz CT molecular complexity index is 317. The molecule has 96 valence electrons. The van der Waals surface area contributed by atoms with Crippen LogP contribution in [0.2, 0.25) is 0 Å². The van der Waals surface area contributed by atoms with E-state index in [0.29, 0.717) is 0 Å². The molecule has 0 aliphatic heterocycles. The first-order valence-corrected chi connectivity index (χ1v) is 8.76. The van der Waals surface area contributed by atoms with Crippen molar-refractivity contribution in [2.45, 2.75) is 35.2 Å². The molecular weight excluding hydrogens is 343 g/mol. The van der Waals surface area contributed by atoms with Crippen LogP contribution >= 0.6 is 22.6 Å². The highest BCUT2D eigenvalue weighted by Gasteiger charge is 2.37. The number of sulfone groups is 1. The zero-order valence-corrected chi connectivity index (χ0v) is 12.5. The van der Waals surface area contributed by atoms with Crippen LogP contribution in [0.3, 0.4) is 0 Å². The van der Waals surface area contributed by atoms with Gasteiger partial charge in [0.05, 0.1) is 24.6 Å². The van der Waals surface area contributed by atoms with Gasteiger partial charge in [0.2, 0.25) is 0 Å². The SMILES string of the molecule is CS(=O)(=O)CCOCC1(O)CCCCC1I. The van der Waals surface area contributed by atoms with Crippen LogP contribution in [0.4, 0.5) is 0 Å². The lowest BCUT2D eigenvalue weighted by Crippen LogP contribution is -2.45. The molecule has 1 rings (SSSR count). The summed E-state index contributed by atoms with van der Waals surface area (Å²) in [5.41, 5.74) is -0.768. The summed E-state index contributed by atoms with van der Waals surface area (Å²) in [4.78, 5) is 0. The summed E-state index contributed by atoms with van der Waals surface area (Å²) in [5.74, 6) is 0.0228. The van der Waals surface area contributed by atoms with E-state index < -0.39 is 15.4 Å². The molecule has 1 aliphatic carbocycles. The molecule has 0 aromatic heterocycles. The van der Waals surface area contributed by atoms with E-state index in [4.69, 9.17) is 4.74 Å². The fourth-order valence-corrected chi connectivity index (χ4v) is 3.15. The topological polar surface area (TPSA) is 63.6 Å². The number of halogens is 1. The van der Waals surface area contributed by atoms with Crippen LogP contribution in [-0.4, -0.2) is 48.3 Å². The number of aliphatic hydroxyl groups is 1. The van der Waals surface area contributed by atoms with Gasteiger partial charge in [-0.2, -0.15) is 0 Å². The zero-order valence-electron chi connectivity index (χ0n) is 9.49. The smallest absolute Gasteiger partial charge is 0.149 e. The van der Waals surface area contributed by atoms with Crippen LogP contribution in [0.15, 0.2) is 0 Å². The van der Waals surface area contributed by atoms with Gasteiger partial charge < -0.3 is 9.84 Å². The van der Waals surface area contributed by atoms with E-state index in [-0.39, 0.29) is 22.9 Å². The third-order valence-electron chi connectivity index (χ3n) is 2.85. The Morgan fingerprint density at radius 2 is 2.19 bits per heavy atom. The Labute approximate surface area is 111 Å². The maximum atomic E-state index is 10.9. The van der Waals surface area contributed by atoms with Crippen molar-refractivity contribution in [3.63, 3.8) is 0 Å². The average Bonchev–Trinajstić information content (AvgIpc) is 2.17. The first-order chi connectivity index (χ1) is 7.33. The van der Waals surface area contributed by atoms with E-state index >= 15 is 0 Å². The van der Waals surface area contributed by atoms with Gasteiger partial charge in [0.25, 0.3) is 0 Å². The number of ether oxygens (including phenoxy) is 1. The molecule has 0 bridgehead atoms. The fourth-order valence-electron chi connectivity index (χ4n) is 1.80. The maximum absolute atomic E-state index is 10.9. The number of hydrogen-bond acceptors (Lipinski definition) is 4. The van der Waals surface area contributed by atoms with Crippen molar-refractivity contribution in [1.29, 1.82) is 0 Å². The molecule has 0 spiro atoms. The largest absolute Gasteiger partial charge is 0.386 e. The van der Waals surface area contributed by atoms with Crippen molar-refractivity contribution in [2.75, 3.05) is 25.2 Å². The Kier molecular flexibility index (Phi) is 5.47. The molecule has 0 aromatic carbocycles. The highest BCUT2D eigenvalue weighted by atomic mass is 127. The average molecular weight is 362 g/mol. The van der Waals surface area contributed by atoms with Crippen LogP contribution in [0, 0.1) is 0 Å². The predicted molar refractivity (Wildman–Crippen MR) is 71.8 cm³/mol. The van der Waals surface area contributed by atoms with Crippen molar-refractivity contribution >= 4 is 32.4 Å². The van der Waals surface area contributed by atoms with Gasteiger partial charge in [0.15, 0.2) is 0 Å². The van der Waals surface area contributed by atoms with Gasteiger partial charge in [-0.25, -0.2) is 8.42 Å². The van der Waals surface area contributed by atoms with Gasteiger partial charge in [-0.05, 0) is 12.8 Å². The molecule has 0 radical (unpaired) electrons. The third kappa shape index (κ3) is 4.85. The van der Waals surface area contributed by atoms with Gasteiger partial charge in [-0.1, -0.05) is 35.4 Å². The second-order valence-corrected chi connectivity index (χ2v) is 8.26. The molecule has 0 amide bonds. The Morgan fingerprint density at radius 1 is 1.50 bits per heavy atom. The van der Waals surface area contributed by atoms with Crippen molar-refractivity contribution in [3.05, 3.63) is 0 Å². The van der Waals surface area contributed by atoms with E-state index in [9.17, 15) is 13.5 Å². The first kappa shape index (κ1) is 14.7. The summed E-state index contributed by atoms with van der Waals surface area (Å²) in [5, 5.41) is 10.3. The highest BCUT2D eigenvalue weighted by Crippen LogP contribution is 2.34. The van der Waals surface area contributed by atoms with Crippen LogP contribution in [-0.2, 0) is 14.6 Å². The highest BCUT2D eigenvalue weighted by molar-refractivity contribution is 14.1. The molecular formula is C10H19IO4S. The zero-order chi connectivity index (χ0) is 12.2. The van der Waals surface area contributed by atoms with E-state index in [1.807, 2.05) is 0 Å². The van der Waals surface area contributed by atoms with Crippen LogP contribution < -0.4 is 0 Å². The minimum absolute atomic E-state index is 0.0228. The van der Waals surface area contributed by atoms with E-state index in [1.54, 1.807) is 0 Å². The quantitative estimate of drug-likeness (QED) is 0.453. The maximum Gasteiger partial charge on any atom is 0.149 e. The molecule has 2 atom stereocenters. The fraction of sp³-hybridized carbons (Fsp3) is 1.00. The second-order valence-electron chi connectivity index (χ2n) is 4.50. The molecule has 1 N–H and O–H groups in total. The number of alkyl halides is 1. The second kappa shape index (κ2) is 5.97. The van der Waals surface area contributed by atoms with E-state index in [2.05, 4.69) is 22.6 Å². The molecule has 0 aromatic rings. The standard InChI is InChI=1S/C10H19IO4S/c1-16(13,14)7-6-15-8-10(12)5-3-2-4-9(10)11/h9,12H,2-8H2,1H3. The monoisotopic (exact) mass is 362 g/mol. The van der Waals surface area contributed by atoms with Gasteiger partial charge in [0, 0.05) is 10.2 Å². The molecule has 1 aliphatic rings. The lowest BCUT2D eigenvalue weighted by Gasteiger charge is -2.36. The summed E-state index contributed by atoms with van der Waals surface area (Å²) < 4.78 is 27.3. The summed E-state index contributed by atoms with van der Waals surface area (Å²) in [6.45, 7) is 0.417. The lowest BCUT2D eigenvalue weighted by atomic mass is 9.85. The normalized spacial score (nSPS) is 31.6.